The van der Waals surface area contributed by atoms with Gasteiger partial charge >= 0.3 is 0 Å². The Balaban J connectivity index is 1.89. The van der Waals surface area contributed by atoms with Gasteiger partial charge in [-0.2, -0.15) is 5.26 Å². The lowest BCUT2D eigenvalue weighted by Crippen LogP contribution is -2.44. The molecule has 1 aliphatic rings. The highest BCUT2D eigenvalue weighted by Gasteiger charge is 2.16. The smallest absolute Gasteiger partial charge is 0.263 e. The first-order valence-electron chi connectivity index (χ1n) is 7.48. The number of piperazine rings is 1. The summed E-state index contributed by atoms with van der Waals surface area (Å²) in [7, 11) is 0. The van der Waals surface area contributed by atoms with Crippen LogP contribution in [0.2, 0.25) is 0 Å². The van der Waals surface area contributed by atoms with Crippen LogP contribution >= 0.6 is 0 Å². The average Bonchev–Trinajstić information content (AvgIpc) is 2.59. The molecular weight excluding hydrogens is 278 g/mol. The monoisotopic (exact) mass is 299 g/mol. The molecule has 22 heavy (non-hydrogen) atoms. The van der Waals surface area contributed by atoms with Crippen LogP contribution in [0.3, 0.4) is 0 Å². The number of pyridine rings is 1. The summed E-state index contributed by atoms with van der Waals surface area (Å²) in [5.41, 5.74) is 1.05. The van der Waals surface area contributed by atoms with Crippen LogP contribution in [0.25, 0.3) is 0 Å². The summed E-state index contributed by atoms with van der Waals surface area (Å²) in [6.07, 6.45) is 5.05. The molecule has 116 valence electrons. The molecule has 0 unspecified atom stereocenters. The van der Waals surface area contributed by atoms with Crippen LogP contribution in [0.15, 0.2) is 36.3 Å². The minimum atomic E-state index is -0.343. The van der Waals surface area contributed by atoms with Gasteiger partial charge in [0, 0.05) is 51.3 Å². The molecule has 1 N–H and O–H groups in total. The van der Waals surface area contributed by atoms with E-state index in [2.05, 4.69) is 22.1 Å². The third kappa shape index (κ3) is 4.57. The first kappa shape index (κ1) is 16.0. The first-order chi connectivity index (χ1) is 10.7. The van der Waals surface area contributed by atoms with E-state index in [0.717, 1.165) is 38.3 Å². The SMILES string of the molecule is CCN1CCN(/C=C(/C#N)C(=O)NCc2cccnc2)CC1. The fourth-order valence-corrected chi connectivity index (χ4v) is 2.31. The Morgan fingerprint density at radius 3 is 2.82 bits per heavy atom. The Labute approximate surface area is 131 Å². The van der Waals surface area contributed by atoms with E-state index in [1.54, 1.807) is 18.6 Å². The van der Waals surface area contributed by atoms with Crippen LogP contribution in [0.5, 0.6) is 0 Å². The van der Waals surface area contributed by atoms with E-state index in [1.165, 1.54) is 0 Å². The Morgan fingerprint density at radius 2 is 2.23 bits per heavy atom. The molecule has 6 heteroatoms. The van der Waals surface area contributed by atoms with Gasteiger partial charge in [-0.1, -0.05) is 13.0 Å². The fraction of sp³-hybridized carbons (Fsp3) is 0.438. The molecule has 0 spiro atoms. The highest BCUT2D eigenvalue weighted by molar-refractivity contribution is 5.97. The van der Waals surface area contributed by atoms with Crippen molar-refractivity contribution in [1.82, 2.24) is 20.1 Å². The largest absolute Gasteiger partial charge is 0.374 e. The van der Waals surface area contributed by atoms with Crippen LogP contribution in [-0.4, -0.2) is 53.4 Å². The zero-order chi connectivity index (χ0) is 15.8. The predicted molar refractivity (Wildman–Crippen MR) is 83.5 cm³/mol. The molecule has 2 heterocycles. The number of nitrogens with zero attached hydrogens (tertiary/aromatic N) is 4. The molecule has 1 aliphatic heterocycles. The number of nitriles is 1. The number of likely N-dealkylation sites (N-methyl/N-ethyl adjacent to an activating group) is 1. The van der Waals surface area contributed by atoms with Gasteiger partial charge in [0.1, 0.15) is 11.6 Å². The summed E-state index contributed by atoms with van der Waals surface area (Å²) in [6.45, 7) is 7.15. The molecule has 1 aromatic rings. The van der Waals surface area contributed by atoms with Crippen molar-refractivity contribution in [3.63, 3.8) is 0 Å². The van der Waals surface area contributed by atoms with Crippen LogP contribution in [0.1, 0.15) is 12.5 Å². The van der Waals surface area contributed by atoms with Crippen molar-refractivity contribution >= 4 is 5.91 Å². The van der Waals surface area contributed by atoms with Gasteiger partial charge in [-0.25, -0.2) is 0 Å². The average molecular weight is 299 g/mol. The Bertz CT molecular complexity index is 556. The third-order valence-electron chi connectivity index (χ3n) is 3.71. The maximum absolute atomic E-state index is 12.1. The lowest BCUT2D eigenvalue weighted by molar-refractivity contribution is -0.117. The summed E-state index contributed by atoms with van der Waals surface area (Å²) in [6, 6.07) is 5.69. The van der Waals surface area contributed by atoms with Crippen molar-refractivity contribution < 1.29 is 4.79 Å². The van der Waals surface area contributed by atoms with Crippen molar-refractivity contribution in [2.75, 3.05) is 32.7 Å². The van der Waals surface area contributed by atoms with Gasteiger partial charge in [0.15, 0.2) is 0 Å². The van der Waals surface area contributed by atoms with Gasteiger partial charge in [-0.05, 0) is 18.2 Å². The van der Waals surface area contributed by atoms with Crippen molar-refractivity contribution in [3.8, 4) is 6.07 Å². The second-order valence-corrected chi connectivity index (χ2v) is 5.17. The zero-order valence-electron chi connectivity index (χ0n) is 12.8. The number of nitrogens with one attached hydrogen (secondary N) is 1. The number of hydrogen-bond donors (Lipinski definition) is 1. The molecule has 0 radical (unpaired) electrons. The van der Waals surface area contributed by atoms with Crippen LogP contribution in [0, 0.1) is 11.3 Å². The summed E-state index contributed by atoms with van der Waals surface area (Å²) >= 11 is 0. The van der Waals surface area contributed by atoms with Crippen molar-refractivity contribution in [3.05, 3.63) is 41.9 Å². The number of rotatable bonds is 5. The van der Waals surface area contributed by atoms with E-state index in [1.807, 2.05) is 23.1 Å². The van der Waals surface area contributed by atoms with E-state index < -0.39 is 0 Å². The zero-order valence-corrected chi connectivity index (χ0v) is 12.8. The highest BCUT2D eigenvalue weighted by atomic mass is 16.1. The van der Waals surface area contributed by atoms with E-state index >= 15 is 0 Å². The van der Waals surface area contributed by atoms with Crippen LogP contribution in [-0.2, 0) is 11.3 Å². The number of amides is 1. The molecule has 1 amide bonds. The quantitative estimate of drug-likeness (QED) is 0.641. The molecule has 2 rings (SSSR count). The van der Waals surface area contributed by atoms with E-state index in [-0.39, 0.29) is 11.5 Å². The number of aromatic nitrogens is 1. The molecular formula is C16H21N5O. The lowest BCUT2D eigenvalue weighted by Gasteiger charge is -2.33. The summed E-state index contributed by atoms with van der Waals surface area (Å²) in [4.78, 5) is 20.5. The minimum Gasteiger partial charge on any atom is -0.374 e. The molecule has 1 fully saturated rings. The molecule has 0 atom stereocenters. The van der Waals surface area contributed by atoms with E-state index in [0.29, 0.717) is 6.54 Å². The normalized spacial score (nSPS) is 16.2. The number of carbonyl (C=O) groups is 1. The molecule has 6 nitrogen and oxygen atoms in total. The topological polar surface area (TPSA) is 72.3 Å². The predicted octanol–water partition coefficient (Wildman–Crippen LogP) is 0.743. The Kier molecular flexibility index (Phi) is 5.92. The maximum atomic E-state index is 12.1. The summed E-state index contributed by atoms with van der Waals surface area (Å²) in [5, 5.41) is 11.9. The van der Waals surface area contributed by atoms with Gasteiger partial charge in [0.25, 0.3) is 5.91 Å². The fourth-order valence-electron chi connectivity index (χ4n) is 2.31. The van der Waals surface area contributed by atoms with Crippen LogP contribution < -0.4 is 5.32 Å². The number of carbonyl (C=O) groups excluding carboxylic acids is 1. The van der Waals surface area contributed by atoms with Crippen molar-refractivity contribution in [2.45, 2.75) is 13.5 Å². The van der Waals surface area contributed by atoms with Crippen molar-refractivity contribution in [1.29, 1.82) is 5.26 Å². The second-order valence-electron chi connectivity index (χ2n) is 5.17. The van der Waals surface area contributed by atoms with Gasteiger partial charge in [-0.3, -0.25) is 9.78 Å². The van der Waals surface area contributed by atoms with Crippen LogP contribution in [0.4, 0.5) is 0 Å². The van der Waals surface area contributed by atoms with Gasteiger partial charge in [0.05, 0.1) is 0 Å². The van der Waals surface area contributed by atoms with Gasteiger partial charge in [-0.15, -0.1) is 0 Å². The Morgan fingerprint density at radius 1 is 1.45 bits per heavy atom. The molecule has 0 saturated carbocycles. The summed E-state index contributed by atoms with van der Waals surface area (Å²) in [5.74, 6) is -0.343. The highest BCUT2D eigenvalue weighted by Crippen LogP contribution is 2.05. The molecule has 1 aromatic heterocycles. The van der Waals surface area contributed by atoms with E-state index in [4.69, 9.17) is 0 Å². The molecule has 0 aromatic carbocycles. The number of hydrogen-bond acceptors (Lipinski definition) is 5. The second kappa shape index (κ2) is 8.15. The first-order valence-corrected chi connectivity index (χ1v) is 7.48. The van der Waals surface area contributed by atoms with Gasteiger partial charge < -0.3 is 15.1 Å². The third-order valence-corrected chi connectivity index (χ3v) is 3.71. The standard InChI is InChI=1S/C16H21N5O/c1-2-20-6-8-21(9-7-20)13-15(10-17)16(22)19-12-14-4-3-5-18-11-14/h3-5,11,13H,2,6-9,12H2,1H3,(H,19,22)/b15-13-. The van der Waals surface area contributed by atoms with E-state index in [9.17, 15) is 10.1 Å². The Hall–Kier alpha value is -2.39. The molecule has 1 saturated heterocycles. The summed E-state index contributed by atoms with van der Waals surface area (Å²) < 4.78 is 0. The van der Waals surface area contributed by atoms with Gasteiger partial charge in [0.2, 0.25) is 0 Å². The lowest BCUT2D eigenvalue weighted by atomic mass is 10.2. The molecule has 0 aliphatic carbocycles. The molecule has 0 bridgehead atoms. The van der Waals surface area contributed by atoms with Crippen molar-refractivity contribution in [2.24, 2.45) is 0 Å². The minimum absolute atomic E-state index is 0.147. The maximum Gasteiger partial charge on any atom is 0.263 e.